The van der Waals surface area contributed by atoms with Crippen molar-refractivity contribution in [1.29, 1.82) is 0 Å². The quantitative estimate of drug-likeness (QED) is 0.345. The van der Waals surface area contributed by atoms with Gasteiger partial charge >= 0.3 is 0 Å². The van der Waals surface area contributed by atoms with Crippen LogP contribution < -0.4 is 5.73 Å². The largest absolute Gasteiger partial charge is 0.511 e. The minimum absolute atomic E-state index is 0.0213. The predicted molar refractivity (Wildman–Crippen MR) is 123 cm³/mol. The molecule has 7 N–H and O–H groups in total. The van der Waals surface area contributed by atoms with Gasteiger partial charge in [-0.25, -0.2) is 0 Å². The molecule has 1 amide bonds. The maximum absolute atomic E-state index is 13.8. The number of aliphatic hydroxyl groups excluding tert-OH is 3. The number of primary amides is 1. The second kappa shape index (κ2) is 7.41. The average molecular weight is 484 g/mol. The first-order valence-corrected chi connectivity index (χ1v) is 11.9. The number of phenolic OH excluding ortho intramolecular Hbond substituents is 1. The number of aromatic hydroxyl groups is 1. The Bertz CT molecular complexity index is 1250. The van der Waals surface area contributed by atoms with E-state index in [4.69, 9.17) is 5.73 Å². The van der Waals surface area contributed by atoms with E-state index in [-0.39, 0.29) is 22.3 Å². The highest BCUT2D eigenvalue weighted by atomic mass is 16.4. The third kappa shape index (κ3) is 2.85. The van der Waals surface area contributed by atoms with Gasteiger partial charge in [-0.3, -0.25) is 14.4 Å². The number of aliphatic hydroxyl groups is 4. The molecular weight excluding hydrogens is 454 g/mol. The van der Waals surface area contributed by atoms with Gasteiger partial charge in [-0.1, -0.05) is 38.8 Å². The van der Waals surface area contributed by atoms with Crippen molar-refractivity contribution in [3.05, 3.63) is 51.5 Å². The monoisotopic (exact) mass is 483 g/mol. The Labute approximate surface area is 201 Å². The first kappa shape index (κ1) is 23.6. The molecule has 0 radical (unpaired) electrons. The van der Waals surface area contributed by atoms with Crippen molar-refractivity contribution in [3.63, 3.8) is 0 Å². The van der Waals surface area contributed by atoms with Crippen LogP contribution >= 0.6 is 0 Å². The maximum Gasteiger partial charge on any atom is 0.255 e. The molecule has 0 bridgehead atoms. The van der Waals surface area contributed by atoms with Gasteiger partial charge in [-0.05, 0) is 29.7 Å². The van der Waals surface area contributed by atoms with Crippen LogP contribution in [0, 0.1) is 11.8 Å². The molecule has 9 nitrogen and oxygen atoms in total. The first-order valence-electron chi connectivity index (χ1n) is 11.9. The fourth-order valence-corrected chi connectivity index (χ4v) is 6.91. The summed E-state index contributed by atoms with van der Waals surface area (Å²) in [6.07, 6.45) is 1.67. The van der Waals surface area contributed by atoms with Gasteiger partial charge in [0.05, 0.1) is 11.7 Å². The van der Waals surface area contributed by atoms with Crippen molar-refractivity contribution in [2.75, 3.05) is 0 Å². The van der Waals surface area contributed by atoms with Crippen LogP contribution in [0.5, 0.6) is 5.75 Å². The molecule has 1 aromatic carbocycles. The van der Waals surface area contributed by atoms with Gasteiger partial charge in [0.25, 0.3) is 5.91 Å². The van der Waals surface area contributed by atoms with Crippen molar-refractivity contribution in [3.8, 4) is 5.75 Å². The number of carbonyl (C=O) groups excluding carboxylic acids is 3. The fourth-order valence-electron chi connectivity index (χ4n) is 6.91. The van der Waals surface area contributed by atoms with E-state index in [1.807, 2.05) is 6.92 Å². The van der Waals surface area contributed by atoms with Crippen LogP contribution in [0.4, 0.5) is 0 Å². The highest BCUT2D eigenvalue weighted by Gasteiger charge is 2.64. The summed E-state index contributed by atoms with van der Waals surface area (Å²) >= 11 is 0. The second-order valence-electron chi connectivity index (χ2n) is 10.7. The first-order chi connectivity index (χ1) is 16.4. The Morgan fingerprint density at radius 2 is 1.74 bits per heavy atom. The fraction of sp³-hybridized carbons (Fsp3) is 0.500. The summed E-state index contributed by atoms with van der Waals surface area (Å²) in [5.74, 6) is -8.32. The van der Waals surface area contributed by atoms with Crippen LogP contribution in [0.3, 0.4) is 0 Å². The molecule has 4 aliphatic rings. The number of nitrogens with two attached hydrogens (primary N) is 1. The Morgan fingerprint density at radius 3 is 2.34 bits per heavy atom. The number of benzene rings is 1. The average Bonchev–Trinajstić information content (AvgIpc) is 3.23. The summed E-state index contributed by atoms with van der Waals surface area (Å²) in [4.78, 5) is 38.7. The van der Waals surface area contributed by atoms with Gasteiger partial charge in [-0.2, -0.15) is 0 Å². The molecule has 4 aliphatic carbocycles. The molecule has 35 heavy (non-hydrogen) atoms. The number of Topliss-reactive ketones (excluding diaryl/α,β-unsaturated/α-hetero) is 2. The lowest BCUT2D eigenvalue weighted by Crippen LogP contribution is -2.62. The van der Waals surface area contributed by atoms with E-state index in [0.717, 1.165) is 25.7 Å². The number of carbonyl (C=O) groups is 3. The van der Waals surface area contributed by atoms with Crippen molar-refractivity contribution in [1.82, 2.24) is 0 Å². The lowest BCUT2D eigenvalue weighted by atomic mass is 9.56. The van der Waals surface area contributed by atoms with E-state index in [9.17, 15) is 39.9 Å². The number of ketones is 2. The Kier molecular flexibility index (Phi) is 4.99. The van der Waals surface area contributed by atoms with Crippen LogP contribution in [0.2, 0.25) is 0 Å². The molecule has 0 aromatic heterocycles. The zero-order valence-electron chi connectivity index (χ0n) is 19.5. The standard InChI is InChI=1S/C26H29NO8/c1-10-11-5-6-12(25(2)7-3-4-8-25)19(29)16(11)21(31)18-15(10)20(30)13-9-14(28)17(24(27)34)22(32)26(13,35)23(18)33/h5-6,10,13,15,20,28-30,33,35H,3-4,7-9H2,1-2H3,(H2,27,34)/t10-,13+,15+,20+,26+/m0/s1. The SMILES string of the molecule is C[C@H]1c2ccc(C3(C)CCCC3)c(O)c2C(=O)C2=C(O)[C@]3(O)C(=O)C(C(N)=O)=C(O)C[C@@H]3[C@@H](O)[C@@H]21. The van der Waals surface area contributed by atoms with Crippen LogP contribution in [-0.2, 0) is 15.0 Å². The van der Waals surface area contributed by atoms with E-state index in [1.54, 1.807) is 19.1 Å². The van der Waals surface area contributed by atoms with Crippen LogP contribution in [0.1, 0.15) is 73.4 Å². The molecule has 0 heterocycles. The third-order valence-electron chi connectivity index (χ3n) is 8.86. The van der Waals surface area contributed by atoms with Crippen LogP contribution in [-0.4, -0.2) is 54.7 Å². The van der Waals surface area contributed by atoms with Crippen LogP contribution in [0.15, 0.2) is 34.8 Å². The molecule has 0 spiro atoms. The predicted octanol–water partition coefficient (Wildman–Crippen LogP) is 1.94. The van der Waals surface area contributed by atoms with Crippen molar-refractivity contribution < 1.29 is 39.9 Å². The van der Waals surface area contributed by atoms with E-state index in [0.29, 0.717) is 11.1 Å². The van der Waals surface area contributed by atoms with Gasteiger partial charge in [0.1, 0.15) is 22.8 Å². The lowest BCUT2D eigenvalue weighted by Gasteiger charge is -2.50. The number of fused-ring (bicyclic) bond motifs is 3. The van der Waals surface area contributed by atoms with Gasteiger partial charge in [-0.15, -0.1) is 0 Å². The van der Waals surface area contributed by atoms with Crippen molar-refractivity contribution in [2.24, 2.45) is 17.6 Å². The minimum Gasteiger partial charge on any atom is -0.511 e. The minimum atomic E-state index is -2.82. The molecule has 1 saturated carbocycles. The second-order valence-corrected chi connectivity index (χ2v) is 10.7. The number of amides is 1. The van der Waals surface area contributed by atoms with Gasteiger partial charge in [0.2, 0.25) is 5.78 Å². The molecule has 1 aromatic rings. The van der Waals surface area contributed by atoms with Crippen LogP contribution in [0.25, 0.3) is 0 Å². The smallest absolute Gasteiger partial charge is 0.255 e. The molecule has 1 fully saturated rings. The summed E-state index contributed by atoms with van der Waals surface area (Å²) in [7, 11) is 0. The molecule has 0 saturated heterocycles. The highest BCUT2D eigenvalue weighted by molar-refractivity contribution is 6.24. The van der Waals surface area contributed by atoms with Crippen molar-refractivity contribution in [2.45, 2.75) is 69.0 Å². The Hall–Kier alpha value is -3.17. The number of allylic oxidation sites excluding steroid dienone is 1. The van der Waals surface area contributed by atoms with Gasteiger partial charge in [0.15, 0.2) is 11.4 Å². The molecule has 0 unspecified atom stereocenters. The summed E-state index contributed by atoms with van der Waals surface area (Å²) in [5, 5.41) is 55.4. The summed E-state index contributed by atoms with van der Waals surface area (Å²) in [6.45, 7) is 3.75. The van der Waals surface area contributed by atoms with E-state index in [2.05, 4.69) is 0 Å². The summed E-state index contributed by atoms with van der Waals surface area (Å²) in [5.41, 5.74) is 1.92. The van der Waals surface area contributed by atoms with E-state index >= 15 is 0 Å². The molecule has 186 valence electrons. The zero-order valence-corrected chi connectivity index (χ0v) is 19.5. The topological polar surface area (TPSA) is 178 Å². The van der Waals surface area contributed by atoms with E-state index in [1.165, 1.54) is 0 Å². The Morgan fingerprint density at radius 1 is 1.11 bits per heavy atom. The highest BCUT2D eigenvalue weighted by Crippen LogP contribution is 2.56. The lowest BCUT2D eigenvalue weighted by molar-refractivity contribution is -0.154. The molecule has 5 atom stereocenters. The molecule has 9 heteroatoms. The number of rotatable bonds is 2. The van der Waals surface area contributed by atoms with Gasteiger partial charge < -0.3 is 31.3 Å². The zero-order chi connectivity index (χ0) is 25.6. The maximum atomic E-state index is 13.8. The molecule has 0 aliphatic heterocycles. The molecule has 5 rings (SSSR count). The third-order valence-corrected chi connectivity index (χ3v) is 8.86. The van der Waals surface area contributed by atoms with E-state index < -0.39 is 70.4 Å². The molecular formula is C26H29NO8. The normalized spacial score (nSPS) is 33.9. The van der Waals surface area contributed by atoms with Gasteiger partial charge in [0, 0.05) is 29.4 Å². The Balaban J connectivity index is 1.72. The number of phenols is 1. The van der Waals surface area contributed by atoms with Crippen molar-refractivity contribution >= 4 is 17.5 Å². The number of hydrogen-bond donors (Lipinski definition) is 6. The summed E-state index contributed by atoms with van der Waals surface area (Å²) < 4.78 is 0. The summed E-state index contributed by atoms with van der Waals surface area (Å²) in [6, 6.07) is 3.56. The number of hydrogen-bond acceptors (Lipinski definition) is 8.